The number of hydrogen-bond acceptors (Lipinski definition) is 4. The van der Waals surface area contributed by atoms with Crippen LogP contribution in [0.2, 0.25) is 0 Å². The molecule has 3 aromatic rings. The quantitative estimate of drug-likeness (QED) is 0.333. The molecular weight excluding hydrogens is 382 g/mol. The van der Waals surface area contributed by atoms with Gasteiger partial charge in [0.1, 0.15) is 6.61 Å². The van der Waals surface area contributed by atoms with Gasteiger partial charge in [0, 0.05) is 6.54 Å². The summed E-state index contributed by atoms with van der Waals surface area (Å²) in [5, 5.41) is 7.77. The summed E-state index contributed by atoms with van der Waals surface area (Å²) in [6, 6.07) is 25.7. The molecule has 0 spiro atoms. The van der Waals surface area contributed by atoms with Crippen LogP contribution in [0.4, 0.5) is 0 Å². The topological polar surface area (TPSA) is 54.9 Å². The first kappa shape index (κ1) is 20.4. The standard InChI is InChI=1S/C23H23N3O2S/c1-27-21-13-12-20(14-22(21)28-17-19-10-6-3-7-11-19)16-25-26-23(29)24-15-18-8-4-2-5-9-18/h2-14,16H,15,17H2,1H3,(H2,24,26,29). The summed E-state index contributed by atoms with van der Waals surface area (Å²) in [6.45, 7) is 1.10. The van der Waals surface area contributed by atoms with Crippen LogP contribution in [0, 0.1) is 0 Å². The van der Waals surface area contributed by atoms with Gasteiger partial charge in [-0.1, -0.05) is 60.7 Å². The van der Waals surface area contributed by atoms with Crippen molar-refractivity contribution in [1.29, 1.82) is 0 Å². The molecule has 0 fully saturated rings. The molecule has 0 saturated heterocycles. The lowest BCUT2D eigenvalue weighted by atomic mass is 10.2. The van der Waals surface area contributed by atoms with Crippen LogP contribution in [-0.2, 0) is 13.2 Å². The highest BCUT2D eigenvalue weighted by Gasteiger charge is 2.06. The molecule has 0 saturated carbocycles. The Bertz CT molecular complexity index is 947. The van der Waals surface area contributed by atoms with E-state index in [-0.39, 0.29) is 0 Å². The Morgan fingerprint density at radius 3 is 2.31 bits per heavy atom. The van der Waals surface area contributed by atoms with E-state index in [9.17, 15) is 0 Å². The van der Waals surface area contributed by atoms with Gasteiger partial charge in [-0.25, -0.2) is 0 Å². The van der Waals surface area contributed by atoms with E-state index in [0.717, 1.165) is 16.7 Å². The van der Waals surface area contributed by atoms with Crippen LogP contribution >= 0.6 is 12.2 Å². The van der Waals surface area contributed by atoms with E-state index in [2.05, 4.69) is 15.8 Å². The van der Waals surface area contributed by atoms with Crippen LogP contribution in [0.1, 0.15) is 16.7 Å². The lowest BCUT2D eigenvalue weighted by Crippen LogP contribution is -2.31. The maximum absolute atomic E-state index is 5.92. The van der Waals surface area contributed by atoms with Gasteiger partial charge in [0.05, 0.1) is 13.3 Å². The predicted octanol–water partition coefficient (Wildman–Crippen LogP) is 4.27. The normalized spacial score (nSPS) is 10.5. The van der Waals surface area contributed by atoms with E-state index >= 15 is 0 Å². The Labute approximate surface area is 176 Å². The fraction of sp³-hybridized carbons (Fsp3) is 0.130. The Kier molecular flexibility index (Phi) is 7.60. The molecule has 148 valence electrons. The van der Waals surface area contributed by atoms with Crippen LogP contribution in [-0.4, -0.2) is 18.4 Å². The second-order valence-electron chi connectivity index (χ2n) is 6.22. The van der Waals surface area contributed by atoms with Crippen LogP contribution in [0.3, 0.4) is 0 Å². The zero-order valence-electron chi connectivity index (χ0n) is 16.2. The van der Waals surface area contributed by atoms with Crippen LogP contribution in [0.5, 0.6) is 11.5 Å². The predicted molar refractivity (Wildman–Crippen MR) is 120 cm³/mol. The van der Waals surface area contributed by atoms with Crippen molar-refractivity contribution in [3.05, 3.63) is 95.6 Å². The summed E-state index contributed by atoms with van der Waals surface area (Å²) >= 11 is 5.25. The highest BCUT2D eigenvalue weighted by molar-refractivity contribution is 7.80. The van der Waals surface area contributed by atoms with Crippen molar-refractivity contribution < 1.29 is 9.47 Å². The first-order chi connectivity index (χ1) is 14.2. The third kappa shape index (κ3) is 6.62. The largest absolute Gasteiger partial charge is 0.493 e. The molecule has 0 aliphatic heterocycles. The van der Waals surface area contributed by atoms with Crippen molar-refractivity contribution in [3.8, 4) is 11.5 Å². The first-order valence-corrected chi connectivity index (χ1v) is 9.61. The fourth-order valence-corrected chi connectivity index (χ4v) is 2.73. The summed E-state index contributed by atoms with van der Waals surface area (Å²) in [5.41, 5.74) is 5.93. The molecule has 0 radical (unpaired) electrons. The molecule has 0 aliphatic rings. The van der Waals surface area contributed by atoms with Gasteiger partial charge in [0.2, 0.25) is 0 Å². The molecule has 29 heavy (non-hydrogen) atoms. The summed E-state index contributed by atoms with van der Waals surface area (Å²) < 4.78 is 11.3. The number of methoxy groups -OCH3 is 1. The zero-order chi connectivity index (χ0) is 20.3. The van der Waals surface area contributed by atoms with Gasteiger partial charge >= 0.3 is 0 Å². The lowest BCUT2D eigenvalue weighted by Gasteiger charge is -2.11. The van der Waals surface area contributed by atoms with Crippen LogP contribution in [0.15, 0.2) is 84.0 Å². The summed E-state index contributed by atoms with van der Waals surface area (Å²) in [6.07, 6.45) is 1.69. The van der Waals surface area contributed by atoms with Crippen molar-refractivity contribution in [2.75, 3.05) is 7.11 Å². The number of nitrogens with zero attached hydrogens (tertiary/aromatic N) is 1. The monoisotopic (exact) mass is 405 g/mol. The van der Waals surface area contributed by atoms with Gasteiger partial charge in [-0.15, -0.1) is 0 Å². The molecule has 0 heterocycles. The van der Waals surface area contributed by atoms with E-state index < -0.39 is 0 Å². The highest BCUT2D eigenvalue weighted by atomic mass is 32.1. The Morgan fingerprint density at radius 2 is 1.62 bits per heavy atom. The minimum Gasteiger partial charge on any atom is -0.493 e. The van der Waals surface area contributed by atoms with E-state index in [4.69, 9.17) is 21.7 Å². The summed E-state index contributed by atoms with van der Waals surface area (Å²) in [4.78, 5) is 0. The van der Waals surface area contributed by atoms with Gasteiger partial charge in [0.15, 0.2) is 16.6 Å². The maximum Gasteiger partial charge on any atom is 0.187 e. The van der Waals surface area contributed by atoms with Gasteiger partial charge < -0.3 is 14.8 Å². The Balaban J connectivity index is 1.55. The Morgan fingerprint density at radius 1 is 0.931 bits per heavy atom. The molecule has 5 nitrogen and oxygen atoms in total. The molecule has 3 rings (SSSR count). The average molecular weight is 406 g/mol. The number of benzene rings is 3. The smallest absolute Gasteiger partial charge is 0.187 e. The van der Waals surface area contributed by atoms with Gasteiger partial charge in [-0.05, 0) is 47.1 Å². The summed E-state index contributed by atoms with van der Waals surface area (Å²) in [5.74, 6) is 1.33. The van der Waals surface area contributed by atoms with E-state index in [1.54, 1.807) is 13.3 Å². The molecule has 0 unspecified atom stereocenters. The fourth-order valence-electron chi connectivity index (χ4n) is 2.60. The second kappa shape index (κ2) is 10.8. The molecule has 0 atom stereocenters. The van der Waals surface area contributed by atoms with Crippen LogP contribution in [0.25, 0.3) is 0 Å². The number of thiocarbonyl (C=S) groups is 1. The average Bonchev–Trinajstić information content (AvgIpc) is 2.78. The van der Waals surface area contributed by atoms with Crippen LogP contribution < -0.4 is 20.2 Å². The van der Waals surface area contributed by atoms with E-state index in [1.165, 1.54) is 0 Å². The molecule has 6 heteroatoms. The molecular formula is C23H23N3O2S. The molecule has 3 aromatic carbocycles. The Hall–Kier alpha value is -3.38. The molecule has 0 bridgehead atoms. The number of hydrazone groups is 1. The zero-order valence-corrected chi connectivity index (χ0v) is 17.0. The third-order valence-corrected chi connectivity index (χ3v) is 4.34. The second-order valence-corrected chi connectivity index (χ2v) is 6.63. The van der Waals surface area contributed by atoms with Gasteiger partial charge in [-0.3, -0.25) is 5.43 Å². The van der Waals surface area contributed by atoms with Gasteiger partial charge in [0.25, 0.3) is 0 Å². The highest BCUT2D eigenvalue weighted by Crippen LogP contribution is 2.28. The molecule has 0 aromatic heterocycles. The van der Waals surface area contributed by atoms with E-state index in [0.29, 0.717) is 29.8 Å². The number of nitrogens with one attached hydrogen (secondary N) is 2. The van der Waals surface area contributed by atoms with Crippen molar-refractivity contribution in [3.63, 3.8) is 0 Å². The van der Waals surface area contributed by atoms with E-state index in [1.807, 2.05) is 78.9 Å². The first-order valence-electron chi connectivity index (χ1n) is 9.20. The number of hydrogen-bond donors (Lipinski definition) is 2. The number of ether oxygens (including phenoxy) is 2. The SMILES string of the molecule is COc1ccc(C=NNC(=S)NCc2ccccc2)cc1OCc1ccccc1. The third-order valence-electron chi connectivity index (χ3n) is 4.10. The van der Waals surface area contributed by atoms with Crippen molar-refractivity contribution in [2.45, 2.75) is 13.2 Å². The molecule has 0 amide bonds. The van der Waals surface area contributed by atoms with Gasteiger partial charge in [-0.2, -0.15) is 5.10 Å². The number of rotatable bonds is 8. The maximum atomic E-state index is 5.92. The van der Waals surface area contributed by atoms with Crippen molar-refractivity contribution >= 4 is 23.5 Å². The van der Waals surface area contributed by atoms with Crippen molar-refractivity contribution in [2.24, 2.45) is 5.10 Å². The lowest BCUT2D eigenvalue weighted by molar-refractivity contribution is 0.284. The molecule has 0 aliphatic carbocycles. The minimum atomic E-state index is 0.458. The van der Waals surface area contributed by atoms with Crippen molar-refractivity contribution in [1.82, 2.24) is 10.7 Å². The summed E-state index contributed by atoms with van der Waals surface area (Å²) in [7, 11) is 1.62. The minimum absolute atomic E-state index is 0.458. The molecule has 2 N–H and O–H groups in total.